The molecule has 29 heavy (non-hydrogen) atoms. The van der Waals surface area contributed by atoms with E-state index in [0.29, 0.717) is 16.9 Å². The molecule has 0 saturated heterocycles. The number of carboxylic acids is 1. The van der Waals surface area contributed by atoms with Crippen molar-refractivity contribution in [1.82, 2.24) is 15.0 Å². The molecule has 1 heterocycles. The third-order valence-electron chi connectivity index (χ3n) is 3.75. The summed E-state index contributed by atoms with van der Waals surface area (Å²) in [6.07, 6.45) is 0. The average molecular weight is 436 g/mol. The molecule has 150 valence electrons. The molecule has 4 N–H and O–H groups in total. The lowest BCUT2D eigenvalue weighted by atomic mass is 10.2. The van der Waals surface area contributed by atoms with Gasteiger partial charge < -0.3 is 15.7 Å². The molecule has 10 nitrogen and oxygen atoms in total. The molecule has 0 aliphatic heterocycles. The van der Waals surface area contributed by atoms with Crippen LogP contribution >= 0.6 is 11.6 Å². The van der Waals surface area contributed by atoms with Gasteiger partial charge in [-0.2, -0.15) is 23.4 Å². The van der Waals surface area contributed by atoms with Gasteiger partial charge in [0.2, 0.25) is 17.2 Å². The lowest BCUT2D eigenvalue weighted by Gasteiger charge is -2.11. The normalized spacial score (nSPS) is 11.1. The van der Waals surface area contributed by atoms with Gasteiger partial charge in [0.25, 0.3) is 10.1 Å². The summed E-state index contributed by atoms with van der Waals surface area (Å²) in [6.45, 7) is 1.72. The van der Waals surface area contributed by atoms with E-state index in [1.165, 1.54) is 42.5 Å². The number of carbonyl (C=O) groups is 1. The lowest BCUT2D eigenvalue weighted by molar-refractivity contribution is 0.0697. The van der Waals surface area contributed by atoms with Gasteiger partial charge in [-0.1, -0.05) is 6.07 Å². The summed E-state index contributed by atoms with van der Waals surface area (Å²) in [5.41, 5.74) is 1.67. The van der Waals surface area contributed by atoms with E-state index in [2.05, 4.69) is 25.6 Å². The molecular weight excluding hydrogens is 422 g/mol. The number of anilines is 4. The predicted octanol–water partition coefficient (Wildman–Crippen LogP) is 3.27. The van der Waals surface area contributed by atoms with Crippen molar-refractivity contribution < 1.29 is 22.9 Å². The summed E-state index contributed by atoms with van der Waals surface area (Å²) in [5.74, 6) is -0.932. The van der Waals surface area contributed by atoms with Crippen LogP contribution in [0.3, 0.4) is 0 Å². The topological polar surface area (TPSA) is 154 Å². The molecule has 0 unspecified atom stereocenters. The molecule has 0 amide bonds. The maximum atomic E-state index is 11.3. The van der Waals surface area contributed by atoms with Crippen LogP contribution in [-0.4, -0.2) is 39.0 Å². The first kappa shape index (κ1) is 20.5. The molecule has 2 aromatic carbocycles. The average Bonchev–Trinajstić information content (AvgIpc) is 2.62. The number of hydrogen-bond donors (Lipinski definition) is 4. The van der Waals surface area contributed by atoms with Crippen LogP contribution in [0.4, 0.5) is 23.3 Å². The van der Waals surface area contributed by atoms with E-state index in [0.717, 1.165) is 0 Å². The van der Waals surface area contributed by atoms with Gasteiger partial charge in [0.1, 0.15) is 0 Å². The fourth-order valence-corrected chi connectivity index (χ4v) is 2.97. The Morgan fingerprint density at radius 1 is 1.00 bits per heavy atom. The third-order valence-corrected chi connectivity index (χ3v) is 4.77. The second-order valence-corrected chi connectivity index (χ2v) is 7.60. The van der Waals surface area contributed by atoms with Crippen LogP contribution in [0.15, 0.2) is 47.4 Å². The van der Waals surface area contributed by atoms with Crippen molar-refractivity contribution in [2.75, 3.05) is 10.6 Å². The van der Waals surface area contributed by atoms with Crippen LogP contribution < -0.4 is 10.6 Å². The first-order chi connectivity index (χ1) is 13.6. The first-order valence-electron chi connectivity index (χ1n) is 7.99. The number of aryl methyl sites for hydroxylation is 1. The summed E-state index contributed by atoms with van der Waals surface area (Å²) in [7, 11) is -4.37. The maximum Gasteiger partial charge on any atom is 0.335 e. The van der Waals surface area contributed by atoms with Crippen LogP contribution in [0.1, 0.15) is 15.9 Å². The minimum atomic E-state index is -4.37. The molecule has 0 radical (unpaired) electrons. The lowest BCUT2D eigenvalue weighted by Crippen LogP contribution is -2.06. The predicted molar refractivity (Wildman–Crippen MR) is 106 cm³/mol. The number of hydrogen-bond acceptors (Lipinski definition) is 8. The van der Waals surface area contributed by atoms with Gasteiger partial charge >= 0.3 is 5.97 Å². The van der Waals surface area contributed by atoms with Crippen LogP contribution in [-0.2, 0) is 10.1 Å². The van der Waals surface area contributed by atoms with E-state index < -0.39 is 16.1 Å². The molecule has 0 atom stereocenters. The van der Waals surface area contributed by atoms with Crippen molar-refractivity contribution >= 4 is 51.0 Å². The van der Waals surface area contributed by atoms with Crippen molar-refractivity contribution in [1.29, 1.82) is 0 Å². The summed E-state index contributed by atoms with van der Waals surface area (Å²) >= 11 is 5.94. The number of halogens is 1. The third kappa shape index (κ3) is 5.16. The van der Waals surface area contributed by atoms with Crippen molar-refractivity contribution in [3.63, 3.8) is 0 Å². The zero-order chi connectivity index (χ0) is 21.2. The Balaban J connectivity index is 1.87. The van der Waals surface area contributed by atoms with E-state index in [4.69, 9.17) is 16.7 Å². The molecule has 12 heteroatoms. The number of nitrogens with one attached hydrogen (secondary N) is 2. The van der Waals surface area contributed by atoms with Crippen molar-refractivity contribution in [2.24, 2.45) is 0 Å². The quantitative estimate of drug-likeness (QED) is 0.424. The number of aromatic nitrogens is 3. The molecule has 3 rings (SSSR count). The molecule has 3 aromatic rings. The summed E-state index contributed by atoms with van der Waals surface area (Å²) < 4.78 is 31.9. The van der Waals surface area contributed by atoms with Crippen LogP contribution in [0.25, 0.3) is 0 Å². The standard InChI is InChI=1S/C17H14ClN5O5S/c1-9-2-7-12(29(26,27)28)8-13(9)20-17-22-15(18)21-16(23-17)19-11-5-3-10(4-6-11)14(24)25/h2-8H,1H3,(H,24,25)(H,26,27,28)(H2,19,20,21,22,23). The maximum absolute atomic E-state index is 11.3. The smallest absolute Gasteiger partial charge is 0.335 e. The highest BCUT2D eigenvalue weighted by Crippen LogP contribution is 2.24. The van der Waals surface area contributed by atoms with Crippen molar-refractivity contribution in [3.8, 4) is 0 Å². The highest BCUT2D eigenvalue weighted by atomic mass is 35.5. The van der Waals surface area contributed by atoms with Crippen LogP contribution in [0, 0.1) is 6.92 Å². The molecular formula is C17H14ClN5O5S. The zero-order valence-corrected chi connectivity index (χ0v) is 16.4. The first-order valence-corrected chi connectivity index (χ1v) is 9.81. The van der Waals surface area contributed by atoms with E-state index in [1.54, 1.807) is 6.92 Å². The fraction of sp³-hybridized carbons (Fsp3) is 0.0588. The summed E-state index contributed by atoms with van der Waals surface area (Å²) in [5, 5.41) is 14.5. The van der Waals surface area contributed by atoms with E-state index >= 15 is 0 Å². The van der Waals surface area contributed by atoms with Gasteiger partial charge in [0.15, 0.2) is 0 Å². The second kappa shape index (κ2) is 7.99. The van der Waals surface area contributed by atoms with Gasteiger partial charge in [-0.25, -0.2) is 4.79 Å². The molecule has 0 saturated carbocycles. The SMILES string of the molecule is Cc1ccc(S(=O)(=O)O)cc1Nc1nc(Cl)nc(Nc2ccc(C(=O)O)cc2)n1. The zero-order valence-electron chi connectivity index (χ0n) is 14.8. The number of benzene rings is 2. The highest BCUT2D eigenvalue weighted by molar-refractivity contribution is 7.85. The molecule has 0 aliphatic carbocycles. The number of carboxylic acid groups (broad SMARTS) is 1. The van der Waals surface area contributed by atoms with E-state index in [9.17, 15) is 17.8 Å². The second-order valence-electron chi connectivity index (χ2n) is 5.84. The van der Waals surface area contributed by atoms with E-state index in [-0.39, 0.29) is 27.6 Å². The van der Waals surface area contributed by atoms with Crippen molar-refractivity contribution in [2.45, 2.75) is 11.8 Å². The van der Waals surface area contributed by atoms with Gasteiger partial charge in [0, 0.05) is 11.4 Å². The molecule has 0 fully saturated rings. The minimum Gasteiger partial charge on any atom is -0.478 e. The Morgan fingerprint density at radius 3 is 2.21 bits per heavy atom. The Kier molecular flexibility index (Phi) is 5.64. The van der Waals surface area contributed by atoms with Gasteiger partial charge in [-0.15, -0.1) is 0 Å². The molecule has 0 aliphatic rings. The minimum absolute atomic E-state index is 0.0326. The molecule has 0 bridgehead atoms. The van der Waals surface area contributed by atoms with Gasteiger partial charge in [0.05, 0.1) is 10.5 Å². The largest absolute Gasteiger partial charge is 0.478 e. The molecule has 1 aromatic heterocycles. The van der Waals surface area contributed by atoms with Crippen LogP contribution in [0.2, 0.25) is 5.28 Å². The number of nitrogens with zero attached hydrogens (tertiary/aromatic N) is 3. The Labute approximate surface area is 170 Å². The Hall–Kier alpha value is -3.28. The Bertz CT molecular complexity index is 1190. The van der Waals surface area contributed by atoms with Gasteiger partial charge in [-0.3, -0.25) is 4.55 Å². The van der Waals surface area contributed by atoms with Crippen LogP contribution in [0.5, 0.6) is 0 Å². The van der Waals surface area contributed by atoms with Crippen molar-refractivity contribution in [3.05, 3.63) is 58.9 Å². The highest BCUT2D eigenvalue weighted by Gasteiger charge is 2.13. The van der Waals surface area contributed by atoms with E-state index in [1.807, 2.05) is 0 Å². The summed E-state index contributed by atoms with van der Waals surface area (Å²) in [6, 6.07) is 9.91. The fourth-order valence-electron chi connectivity index (χ4n) is 2.30. The summed E-state index contributed by atoms with van der Waals surface area (Å²) in [4.78, 5) is 22.7. The Morgan fingerprint density at radius 2 is 1.62 bits per heavy atom. The molecule has 0 spiro atoms. The number of aromatic carboxylic acids is 1. The monoisotopic (exact) mass is 435 g/mol. The van der Waals surface area contributed by atoms with Gasteiger partial charge in [-0.05, 0) is 60.5 Å². The number of rotatable bonds is 6.